The Morgan fingerprint density at radius 3 is 2.53 bits per heavy atom. The van der Waals surface area contributed by atoms with Gasteiger partial charge in [0.25, 0.3) is 0 Å². The van der Waals surface area contributed by atoms with E-state index in [9.17, 15) is 13.2 Å². The number of nitrogens with one attached hydrogen (secondary N) is 1. The number of hydrogen-bond donors (Lipinski definition) is 1. The van der Waals surface area contributed by atoms with E-state index in [4.69, 9.17) is 0 Å². The molecule has 104 valence electrons. The van der Waals surface area contributed by atoms with Crippen LogP contribution in [0.5, 0.6) is 0 Å². The van der Waals surface area contributed by atoms with Gasteiger partial charge in [-0.25, -0.2) is 13.2 Å². The summed E-state index contributed by atoms with van der Waals surface area (Å²) in [5.74, 6) is -0.0401. The summed E-state index contributed by atoms with van der Waals surface area (Å²) in [7, 11) is -3.27. The molecule has 0 spiro atoms. The highest BCUT2D eigenvalue weighted by atomic mass is 32.2. The summed E-state index contributed by atoms with van der Waals surface area (Å²) in [5, 5.41) is 2.85. The number of sulfone groups is 1. The Morgan fingerprint density at radius 1 is 1.26 bits per heavy atom. The third-order valence-corrected chi connectivity index (χ3v) is 4.54. The summed E-state index contributed by atoms with van der Waals surface area (Å²) in [4.78, 5) is 13.9. The van der Waals surface area contributed by atoms with Crippen molar-refractivity contribution < 1.29 is 13.2 Å². The third kappa shape index (κ3) is 2.89. The van der Waals surface area contributed by atoms with E-state index in [1.165, 1.54) is 4.90 Å². The fraction of sp³-hybridized carbons (Fsp3) is 0.462. The standard InChI is InChI=1S/C13H18N2O3S/c1-13(2,3)14-12(16)15-8-9-19(17,18)11-7-5-4-6-10(11)15/h4-7H,8-9H2,1-3H3,(H,14,16). The molecule has 5 nitrogen and oxygen atoms in total. The minimum atomic E-state index is -3.27. The van der Waals surface area contributed by atoms with Crippen molar-refractivity contribution in [3.05, 3.63) is 24.3 Å². The van der Waals surface area contributed by atoms with Crippen LogP contribution in [0.1, 0.15) is 20.8 Å². The van der Waals surface area contributed by atoms with Gasteiger partial charge in [-0.05, 0) is 32.9 Å². The number of anilines is 1. The predicted octanol–water partition coefficient (Wildman–Crippen LogP) is 1.79. The number of para-hydroxylation sites is 1. The van der Waals surface area contributed by atoms with Gasteiger partial charge in [0.1, 0.15) is 0 Å². The molecule has 0 bridgehead atoms. The van der Waals surface area contributed by atoms with E-state index in [0.29, 0.717) is 5.69 Å². The average Bonchev–Trinajstić information content (AvgIpc) is 2.26. The van der Waals surface area contributed by atoms with Crippen LogP contribution in [0, 0.1) is 0 Å². The van der Waals surface area contributed by atoms with Crippen LogP contribution in [-0.4, -0.2) is 32.3 Å². The van der Waals surface area contributed by atoms with E-state index >= 15 is 0 Å². The first-order valence-electron chi connectivity index (χ1n) is 6.12. The molecule has 2 amide bonds. The molecule has 2 rings (SSSR count). The van der Waals surface area contributed by atoms with Crippen LogP contribution >= 0.6 is 0 Å². The monoisotopic (exact) mass is 282 g/mol. The smallest absolute Gasteiger partial charge is 0.322 e. The van der Waals surface area contributed by atoms with Crippen LogP contribution in [0.15, 0.2) is 29.2 Å². The first-order valence-corrected chi connectivity index (χ1v) is 7.77. The summed E-state index contributed by atoms with van der Waals surface area (Å²) in [6.07, 6.45) is 0. The lowest BCUT2D eigenvalue weighted by atomic mass is 10.1. The number of rotatable bonds is 0. The van der Waals surface area contributed by atoms with E-state index in [1.54, 1.807) is 24.3 Å². The molecule has 1 aromatic rings. The molecule has 1 heterocycles. The van der Waals surface area contributed by atoms with Crippen LogP contribution in [-0.2, 0) is 9.84 Å². The lowest BCUT2D eigenvalue weighted by molar-refractivity contribution is 0.238. The summed E-state index contributed by atoms with van der Waals surface area (Å²) in [6, 6.07) is 6.34. The molecule has 0 atom stereocenters. The zero-order valence-electron chi connectivity index (χ0n) is 11.3. The zero-order chi connectivity index (χ0) is 14.3. The van der Waals surface area contributed by atoms with Gasteiger partial charge >= 0.3 is 6.03 Å². The molecule has 0 fully saturated rings. The van der Waals surface area contributed by atoms with E-state index < -0.39 is 9.84 Å². The summed E-state index contributed by atoms with van der Waals surface area (Å²) >= 11 is 0. The van der Waals surface area contributed by atoms with Gasteiger partial charge in [0.15, 0.2) is 9.84 Å². The van der Waals surface area contributed by atoms with Crippen LogP contribution < -0.4 is 10.2 Å². The second kappa shape index (κ2) is 4.52. The molecule has 0 aliphatic carbocycles. The van der Waals surface area contributed by atoms with Crippen molar-refractivity contribution in [1.29, 1.82) is 0 Å². The number of fused-ring (bicyclic) bond motifs is 1. The van der Waals surface area contributed by atoms with E-state index in [1.807, 2.05) is 20.8 Å². The van der Waals surface area contributed by atoms with Crippen molar-refractivity contribution in [3.8, 4) is 0 Å². The van der Waals surface area contributed by atoms with Crippen molar-refractivity contribution in [2.75, 3.05) is 17.2 Å². The quantitative estimate of drug-likeness (QED) is 0.789. The molecule has 1 aromatic carbocycles. The van der Waals surface area contributed by atoms with Gasteiger partial charge in [0.05, 0.1) is 16.3 Å². The maximum absolute atomic E-state index is 12.2. The van der Waals surface area contributed by atoms with Gasteiger partial charge < -0.3 is 5.32 Å². The molecule has 0 saturated heterocycles. The van der Waals surface area contributed by atoms with E-state index in [0.717, 1.165) is 0 Å². The minimum Gasteiger partial charge on any atom is -0.333 e. The van der Waals surface area contributed by atoms with Crippen molar-refractivity contribution in [2.45, 2.75) is 31.2 Å². The summed E-state index contributed by atoms with van der Waals surface area (Å²) in [5.41, 5.74) is 0.0954. The summed E-state index contributed by atoms with van der Waals surface area (Å²) in [6.45, 7) is 5.84. The number of urea groups is 1. The highest BCUT2D eigenvalue weighted by Gasteiger charge is 2.32. The van der Waals surface area contributed by atoms with Crippen molar-refractivity contribution in [2.24, 2.45) is 0 Å². The number of amides is 2. The van der Waals surface area contributed by atoms with E-state index in [-0.39, 0.29) is 28.8 Å². The highest BCUT2D eigenvalue weighted by Crippen LogP contribution is 2.30. The number of carbonyl (C=O) groups is 1. The molecular formula is C13H18N2O3S. The van der Waals surface area contributed by atoms with Crippen molar-refractivity contribution in [3.63, 3.8) is 0 Å². The average molecular weight is 282 g/mol. The molecule has 6 heteroatoms. The number of hydrogen-bond acceptors (Lipinski definition) is 3. The number of carbonyl (C=O) groups excluding carboxylic acids is 1. The van der Waals surface area contributed by atoms with Gasteiger partial charge in [-0.1, -0.05) is 12.1 Å². The van der Waals surface area contributed by atoms with Crippen molar-refractivity contribution >= 4 is 21.6 Å². The molecule has 1 aliphatic heterocycles. The van der Waals surface area contributed by atoms with E-state index in [2.05, 4.69) is 5.32 Å². The SMILES string of the molecule is CC(C)(C)NC(=O)N1CCS(=O)(=O)c2ccccc21. The van der Waals surface area contributed by atoms with Gasteiger partial charge in [0, 0.05) is 12.1 Å². The van der Waals surface area contributed by atoms with Gasteiger partial charge in [-0.15, -0.1) is 0 Å². The molecule has 1 N–H and O–H groups in total. The normalized spacial score (nSPS) is 17.7. The van der Waals surface area contributed by atoms with Crippen LogP contribution in [0.3, 0.4) is 0 Å². The second-order valence-corrected chi connectivity index (χ2v) is 7.70. The third-order valence-electron chi connectivity index (χ3n) is 2.80. The Bertz CT molecular complexity index is 603. The topological polar surface area (TPSA) is 66.5 Å². The Hall–Kier alpha value is -1.56. The van der Waals surface area contributed by atoms with Crippen LogP contribution in [0.2, 0.25) is 0 Å². The van der Waals surface area contributed by atoms with Crippen molar-refractivity contribution in [1.82, 2.24) is 5.32 Å². The van der Waals surface area contributed by atoms with Crippen LogP contribution in [0.4, 0.5) is 10.5 Å². The van der Waals surface area contributed by atoms with Gasteiger partial charge in [-0.2, -0.15) is 0 Å². The Labute approximate surface area is 113 Å². The molecule has 0 aromatic heterocycles. The first kappa shape index (κ1) is 13.9. The number of benzene rings is 1. The summed E-state index contributed by atoms with van der Waals surface area (Å²) < 4.78 is 23.9. The van der Waals surface area contributed by atoms with Gasteiger partial charge in [-0.3, -0.25) is 4.90 Å². The maximum Gasteiger partial charge on any atom is 0.322 e. The molecule has 0 radical (unpaired) electrons. The Kier molecular flexibility index (Phi) is 3.30. The molecule has 0 saturated carbocycles. The fourth-order valence-electron chi connectivity index (χ4n) is 1.98. The predicted molar refractivity (Wildman–Crippen MR) is 74.1 cm³/mol. The zero-order valence-corrected chi connectivity index (χ0v) is 12.1. The number of nitrogens with zero attached hydrogens (tertiary/aromatic N) is 1. The lowest BCUT2D eigenvalue weighted by Gasteiger charge is -2.32. The maximum atomic E-state index is 12.2. The highest BCUT2D eigenvalue weighted by molar-refractivity contribution is 7.91. The molecular weight excluding hydrogens is 264 g/mol. The molecule has 19 heavy (non-hydrogen) atoms. The second-order valence-electron chi connectivity index (χ2n) is 5.62. The molecule has 0 unspecified atom stereocenters. The first-order chi connectivity index (χ1) is 8.71. The Morgan fingerprint density at radius 2 is 1.89 bits per heavy atom. The fourth-order valence-corrected chi connectivity index (χ4v) is 3.41. The molecule has 1 aliphatic rings. The minimum absolute atomic E-state index is 0.0401. The van der Waals surface area contributed by atoms with Crippen LogP contribution in [0.25, 0.3) is 0 Å². The van der Waals surface area contributed by atoms with Gasteiger partial charge in [0.2, 0.25) is 0 Å². The Balaban J connectivity index is 2.38. The largest absolute Gasteiger partial charge is 0.333 e. The lowest BCUT2D eigenvalue weighted by Crippen LogP contribution is -2.51.